The molecule has 3 aromatic rings. The van der Waals surface area contributed by atoms with Crippen molar-refractivity contribution in [2.45, 2.75) is 26.7 Å². The van der Waals surface area contributed by atoms with Gasteiger partial charge < -0.3 is 16.0 Å². The molecule has 3 rings (SSSR count). The molecule has 0 radical (unpaired) electrons. The lowest BCUT2D eigenvalue weighted by atomic mass is 10.1. The van der Waals surface area contributed by atoms with Gasteiger partial charge in [-0.1, -0.05) is 41.4 Å². The van der Waals surface area contributed by atoms with E-state index in [0.29, 0.717) is 36.9 Å². The zero-order chi connectivity index (χ0) is 21.3. The van der Waals surface area contributed by atoms with Crippen molar-refractivity contribution in [2.24, 2.45) is 0 Å². The summed E-state index contributed by atoms with van der Waals surface area (Å²) in [7, 11) is 0. The van der Waals surface area contributed by atoms with Crippen molar-refractivity contribution < 1.29 is 4.79 Å². The fraction of sp³-hybridized carbons (Fsp3) is 0.261. The molecule has 156 valence electrons. The number of carbonyl (C=O) groups excluding carboxylic acids is 1. The molecule has 6 nitrogen and oxygen atoms in total. The zero-order valence-corrected chi connectivity index (χ0v) is 18.0. The third kappa shape index (κ3) is 7.04. The average molecular weight is 424 g/mol. The number of rotatable bonds is 9. The number of aromatic nitrogens is 2. The lowest BCUT2D eigenvalue weighted by Crippen LogP contribution is -2.29. The van der Waals surface area contributed by atoms with Gasteiger partial charge in [-0.2, -0.15) is 4.98 Å². The maximum absolute atomic E-state index is 12.0. The molecule has 0 atom stereocenters. The average Bonchev–Trinajstić information content (AvgIpc) is 2.71. The van der Waals surface area contributed by atoms with Gasteiger partial charge in [0.1, 0.15) is 5.82 Å². The van der Waals surface area contributed by atoms with Crippen molar-refractivity contribution in [3.8, 4) is 0 Å². The Morgan fingerprint density at radius 2 is 1.80 bits per heavy atom. The maximum Gasteiger partial charge on any atom is 0.224 e. The summed E-state index contributed by atoms with van der Waals surface area (Å²) in [6, 6.07) is 17.6. The number of aryl methyl sites for hydroxylation is 3. The Balaban J connectivity index is 1.43. The number of nitrogens with one attached hydrogen (secondary N) is 3. The third-order valence-electron chi connectivity index (χ3n) is 4.44. The lowest BCUT2D eigenvalue weighted by molar-refractivity contribution is -0.120. The van der Waals surface area contributed by atoms with Gasteiger partial charge in [0.25, 0.3) is 0 Å². The normalized spacial score (nSPS) is 10.5. The molecule has 0 bridgehead atoms. The van der Waals surface area contributed by atoms with Crippen molar-refractivity contribution in [3.05, 3.63) is 76.4 Å². The quantitative estimate of drug-likeness (QED) is 0.436. The Labute approximate surface area is 182 Å². The molecule has 2 aromatic carbocycles. The van der Waals surface area contributed by atoms with Crippen LogP contribution in [0.5, 0.6) is 0 Å². The molecule has 3 N–H and O–H groups in total. The number of halogens is 1. The molecule has 7 heteroatoms. The second kappa shape index (κ2) is 10.6. The van der Waals surface area contributed by atoms with Crippen LogP contribution in [0.15, 0.2) is 54.6 Å². The molecule has 1 aromatic heterocycles. The van der Waals surface area contributed by atoms with E-state index >= 15 is 0 Å². The molecule has 0 aliphatic heterocycles. The number of hydrogen-bond acceptors (Lipinski definition) is 5. The van der Waals surface area contributed by atoms with Crippen LogP contribution in [0.2, 0.25) is 5.02 Å². The summed E-state index contributed by atoms with van der Waals surface area (Å²) in [5.41, 5.74) is 4.08. The molecule has 0 aliphatic carbocycles. The number of nitrogens with zero attached hydrogens (tertiary/aromatic N) is 2. The minimum absolute atomic E-state index is 0.00339. The smallest absolute Gasteiger partial charge is 0.224 e. The van der Waals surface area contributed by atoms with Crippen LogP contribution in [0.4, 0.5) is 17.5 Å². The number of carbonyl (C=O) groups is 1. The van der Waals surface area contributed by atoms with Crippen LogP contribution in [0.25, 0.3) is 0 Å². The van der Waals surface area contributed by atoms with Crippen LogP contribution in [0, 0.1) is 13.8 Å². The molecule has 0 saturated carbocycles. The molecule has 0 fully saturated rings. The van der Waals surface area contributed by atoms with Gasteiger partial charge in [0.2, 0.25) is 11.9 Å². The number of anilines is 3. The first-order chi connectivity index (χ1) is 14.5. The molecule has 0 saturated heterocycles. The van der Waals surface area contributed by atoms with Crippen molar-refractivity contribution >= 4 is 35.0 Å². The Hall–Kier alpha value is -3.12. The molecule has 0 unspecified atom stereocenters. The fourth-order valence-electron chi connectivity index (χ4n) is 2.91. The van der Waals surface area contributed by atoms with E-state index in [9.17, 15) is 4.79 Å². The summed E-state index contributed by atoms with van der Waals surface area (Å²) in [4.78, 5) is 20.9. The van der Waals surface area contributed by atoms with Gasteiger partial charge in [-0.05, 0) is 50.1 Å². The molecule has 1 heterocycles. The fourth-order valence-corrected chi connectivity index (χ4v) is 3.12. The van der Waals surface area contributed by atoms with E-state index in [0.717, 1.165) is 22.8 Å². The summed E-state index contributed by atoms with van der Waals surface area (Å²) >= 11 is 5.97. The predicted molar refractivity (Wildman–Crippen MR) is 123 cm³/mol. The number of benzene rings is 2. The summed E-state index contributed by atoms with van der Waals surface area (Å²) in [5, 5.41) is 10.0. The third-order valence-corrected chi connectivity index (χ3v) is 4.67. The van der Waals surface area contributed by atoms with Crippen LogP contribution in [0.1, 0.15) is 23.2 Å². The van der Waals surface area contributed by atoms with Crippen LogP contribution in [-0.4, -0.2) is 29.0 Å². The van der Waals surface area contributed by atoms with E-state index in [2.05, 4.69) is 32.8 Å². The van der Waals surface area contributed by atoms with Crippen molar-refractivity contribution in [3.63, 3.8) is 0 Å². The largest absolute Gasteiger partial charge is 0.354 e. The second-order valence-electron chi connectivity index (χ2n) is 7.12. The van der Waals surface area contributed by atoms with Crippen LogP contribution >= 0.6 is 11.6 Å². The first-order valence-electron chi connectivity index (χ1n) is 9.92. The van der Waals surface area contributed by atoms with Crippen LogP contribution in [-0.2, 0) is 11.2 Å². The van der Waals surface area contributed by atoms with E-state index in [1.165, 1.54) is 5.56 Å². The summed E-state index contributed by atoms with van der Waals surface area (Å²) in [6.45, 7) is 5.00. The highest BCUT2D eigenvalue weighted by molar-refractivity contribution is 6.30. The van der Waals surface area contributed by atoms with Gasteiger partial charge in [-0.3, -0.25) is 4.79 Å². The van der Waals surface area contributed by atoms with Crippen LogP contribution < -0.4 is 16.0 Å². The maximum atomic E-state index is 12.0. The van der Waals surface area contributed by atoms with E-state index in [4.69, 9.17) is 11.6 Å². The standard InChI is InChI=1S/C23H26ClN5O/c1-16-6-9-20(10-7-16)28-21-14-17(2)27-23(29-21)26-13-12-25-22(30)11-8-18-4-3-5-19(24)15-18/h3-7,9-10,14-15H,8,11-13H2,1-2H3,(H,25,30)(H2,26,27,28,29). The van der Waals surface area contributed by atoms with Gasteiger partial charge in [-0.25, -0.2) is 4.98 Å². The molecule has 1 amide bonds. The molecule has 0 spiro atoms. The molecular weight excluding hydrogens is 398 g/mol. The highest BCUT2D eigenvalue weighted by atomic mass is 35.5. The zero-order valence-electron chi connectivity index (χ0n) is 17.2. The Morgan fingerprint density at radius 3 is 2.57 bits per heavy atom. The highest BCUT2D eigenvalue weighted by Crippen LogP contribution is 2.17. The Kier molecular flexibility index (Phi) is 7.63. The summed E-state index contributed by atoms with van der Waals surface area (Å²) < 4.78 is 0. The van der Waals surface area contributed by atoms with Gasteiger partial charge in [0.05, 0.1) is 0 Å². The van der Waals surface area contributed by atoms with Gasteiger partial charge in [0.15, 0.2) is 0 Å². The first kappa shape index (κ1) is 21.6. The van der Waals surface area contributed by atoms with E-state index < -0.39 is 0 Å². The van der Waals surface area contributed by atoms with E-state index in [-0.39, 0.29) is 5.91 Å². The highest BCUT2D eigenvalue weighted by Gasteiger charge is 2.05. The van der Waals surface area contributed by atoms with E-state index in [1.54, 1.807) is 0 Å². The van der Waals surface area contributed by atoms with E-state index in [1.807, 2.05) is 61.5 Å². The van der Waals surface area contributed by atoms with Crippen molar-refractivity contribution in [1.29, 1.82) is 0 Å². The molecule has 30 heavy (non-hydrogen) atoms. The summed E-state index contributed by atoms with van der Waals surface area (Å²) in [5.74, 6) is 1.25. The van der Waals surface area contributed by atoms with Gasteiger partial charge >= 0.3 is 0 Å². The summed E-state index contributed by atoms with van der Waals surface area (Å²) in [6.07, 6.45) is 1.08. The monoisotopic (exact) mass is 423 g/mol. The Morgan fingerprint density at radius 1 is 1.00 bits per heavy atom. The lowest BCUT2D eigenvalue weighted by Gasteiger charge is -2.11. The Bertz CT molecular complexity index is 991. The van der Waals surface area contributed by atoms with Gasteiger partial charge in [-0.15, -0.1) is 0 Å². The topological polar surface area (TPSA) is 78.9 Å². The predicted octanol–water partition coefficient (Wildman–Crippen LogP) is 4.65. The number of hydrogen-bond donors (Lipinski definition) is 3. The minimum atomic E-state index is 0.00339. The van der Waals surface area contributed by atoms with Gasteiger partial charge in [0, 0.05) is 42.0 Å². The molecule has 0 aliphatic rings. The SMILES string of the molecule is Cc1ccc(Nc2cc(C)nc(NCCNC(=O)CCc3cccc(Cl)c3)n2)cc1. The minimum Gasteiger partial charge on any atom is -0.354 e. The first-order valence-corrected chi connectivity index (χ1v) is 10.3. The van der Waals surface area contributed by atoms with Crippen molar-refractivity contribution in [1.82, 2.24) is 15.3 Å². The number of amides is 1. The van der Waals surface area contributed by atoms with Crippen molar-refractivity contribution in [2.75, 3.05) is 23.7 Å². The van der Waals surface area contributed by atoms with Crippen LogP contribution in [0.3, 0.4) is 0 Å². The molecular formula is C23H26ClN5O. The second-order valence-corrected chi connectivity index (χ2v) is 7.55.